The van der Waals surface area contributed by atoms with Crippen LogP contribution in [0.2, 0.25) is 0 Å². The van der Waals surface area contributed by atoms with E-state index in [1.807, 2.05) is 19.1 Å². The normalized spacial score (nSPS) is 11.0. The molecule has 6 nitrogen and oxygen atoms in total. The Morgan fingerprint density at radius 3 is 2.37 bits per heavy atom. The first kappa shape index (κ1) is 23.7. The lowest BCUT2D eigenvalue weighted by atomic mass is 10.1. The second-order valence-corrected chi connectivity index (χ2v) is 8.07. The first-order valence-electron chi connectivity index (χ1n) is 8.16. The van der Waals surface area contributed by atoms with E-state index in [4.69, 9.17) is 14.6 Å². The summed E-state index contributed by atoms with van der Waals surface area (Å²) in [5.74, 6) is 1.39. The molecule has 0 bridgehead atoms. The van der Waals surface area contributed by atoms with Gasteiger partial charge in [-0.2, -0.15) is 0 Å². The summed E-state index contributed by atoms with van der Waals surface area (Å²) >= 11 is 3.50. The molecular weight excluding hydrogens is 456 g/mol. The third-order valence-electron chi connectivity index (χ3n) is 3.74. The molecule has 150 valence electrons. The van der Waals surface area contributed by atoms with Crippen LogP contribution in [0, 0.1) is 0 Å². The number of halogens is 2. The fourth-order valence-corrected chi connectivity index (χ4v) is 3.66. The molecule has 0 aliphatic rings. The number of nitrogens with one attached hydrogen (secondary N) is 1. The van der Waals surface area contributed by atoms with E-state index in [0.29, 0.717) is 24.7 Å². The van der Waals surface area contributed by atoms with Gasteiger partial charge in [0.2, 0.25) is 10.0 Å². The Bertz CT molecular complexity index is 845. The van der Waals surface area contributed by atoms with Crippen LogP contribution >= 0.6 is 28.3 Å². The maximum atomic E-state index is 11.3. The number of methoxy groups -OCH3 is 1. The van der Waals surface area contributed by atoms with Gasteiger partial charge >= 0.3 is 0 Å². The van der Waals surface area contributed by atoms with Crippen LogP contribution in [-0.4, -0.2) is 28.7 Å². The highest BCUT2D eigenvalue weighted by Gasteiger charge is 2.11. The monoisotopic (exact) mass is 478 g/mol. The lowest BCUT2D eigenvalue weighted by Gasteiger charge is -2.13. The van der Waals surface area contributed by atoms with Crippen molar-refractivity contribution in [2.24, 2.45) is 5.14 Å². The van der Waals surface area contributed by atoms with Gasteiger partial charge in [0, 0.05) is 6.54 Å². The maximum Gasteiger partial charge on any atom is 0.238 e. The molecule has 0 fully saturated rings. The number of rotatable bonds is 9. The van der Waals surface area contributed by atoms with Crippen LogP contribution in [0.1, 0.15) is 18.1 Å². The van der Waals surface area contributed by atoms with E-state index in [-0.39, 0.29) is 17.3 Å². The molecule has 0 radical (unpaired) electrons. The van der Waals surface area contributed by atoms with E-state index in [1.165, 1.54) is 12.1 Å². The molecule has 0 saturated carbocycles. The number of hydrogen-bond acceptors (Lipinski definition) is 5. The van der Waals surface area contributed by atoms with E-state index in [0.717, 1.165) is 28.6 Å². The van der Waals surface area contributed by atoms with Gasteiger partial charge in [0.05, 0.1) is 23.1 Å². The van der Waals surface area contributed by atoms with Crippen LogP contribution in [0.5, 0.6) is 11.5 Å². The Kier molecular flexibility index (Phi) is 9.55. The summed E-state index contributed by atoms with van der Waals surface area (Å²) in [6.07, 6.45) is 0.778. The highest BCUT2D eigenvalue weighted by molar-refractivity contribution is 9.10. The van der Waals surface area contributed by atoms with Crippen molar-refractivity contribution in [2.45, 2.75) is 24.8 Å². The number of hydrogen-bond donors (Lipinski definition) is 2. The Balaban J connectivity index is 0.00000364. The van der Waals surface area contributed by atoms with Crippen molar-refractivity contribution in [1.29, 1.82) is 0 Å². The van der Waals surface area contributed by atoms with Crippen molar-refractivity contribution in [3.63, 3.8) is 0 Å². The maximum absolute atomic E-state index is 11.3. The molecule has 0 aromatic heterocycles. The molecule has 0 unspecified atom stereocenters. The van der Waals surface area contributed by atoms with Crippen LogP contribution in [0.15, 0.2) is 45.8 Å². The second-order valence-electron chi connectivity index (χ2n) is 5.66. The summed E-state index contributed by atoms with van der Waals surface area (Å²) < 4.78 is 34.3. The van der Waals surface area contributed by atoms with Crippen LogP contribution in [0.4, 0.5) is 0 Å². The van der Waals surface area contributed by atoms with E-state index >= 15 is 0 Å². The summed E-state index contributed by atoms with van der Waals surface area (Å²) in [5.41, 5.74) is 2.11. The number of benzene rings is 2. The Morgan fingerprint density at radius 1 is 1.15 bits per heavy atom. The van der Waals surface area contributed by atoms with E-state index < -0.39 is 10.0 Å². The highest BCUT2D eigenvalue weighted by atomic mass is 79.9. The zero-order valence-electron chi connectivity index (χ0n) is 15.2. The van der Waals surface area contributed by atoms with Gasteiger partial charge in [-0.25, -0.2) is 13.6 Å². The zero-order chi connectivity index (χ0) is 19.2. The van der Waals surface area contributed by atoms with Gasteiger partial charge in [0.25, 0.3) is 0 Å². The number of nitrogens with two attached hydrogens (primary N) is 1. The quantitative estimate of drug-likeness (QED) is 0.539. The fraction of sp³-hybridized carbons (Fsp3) is 0.333. The third-order valence-corrected chi connectivity index (χ3v) is 5.26. The zero-order valence-corrected chi connectivity index (χ0v) is 18.4. The van der Waals surface area contributed by atoms with Crippen LogP contribution in [0.25, 0.3) is 0 Å². The SMILES string of the molecule is CCOc1cc(CNCCc2ccc(S(N)(=O)=O)cc2)cc(Br)c1OC.Cl. The molecule has 27 heavy (non-hydrogen) atoms. The van der Waals surface area contributed by atoms with E-state index in [9.17, 15) is 8.42 Å². The summed E-state index contributed by atoms with van der Waals surface area (Å²) in [6, 6.07) is 10.6. The summed E-state index contributed by atoms with van der Waals surface area (Å²) in [5, 5.41) is 8.47. The number of ether oxygens (including phenoxy) is 2. The average Bonchev–Trinajstić information content (AvgIpc) is 2.58. The van der Waals surface area contributed by atoms with E-state index in [1.54, 1.807) is 19.2 Å². The van der Waals surface area contributed by atoms with Crippen molar-refractivity contribution in [2.75, 3.05) is 20.3 Å². The van der Waals surface area contributed by atoms with E-state index in [2.05, 4.69) is 21.2 Å². The van der Waals surface area contributed by atoms with Gasteiger partial charge in [0.1, 0.15) is 0 Å². The molecule has 0 heterocycles. The van der Waals surface area contributed by atoms with Crippen LogP contribution in [0.3, 0.4) is 0 Å². The molecule has 0 aliphatic carbocycles. The minimum Gasteiger partial charge on any atom is -0.492 e. The molecule has 2 aromatic rings. The molecule has 0 saturated heterocycles. The Morgan fingerprint density at radius 2 is 1.81 bits per heavy atom. The first-order valence-corrected chi connectivity index (χ1v) is 10.5. The lowest BCUT2D eigenvalue weighted by Crippen LogP contribution is -2.17. The minimum atomic E-state index is -3.64. The van der Waals surface area contributed by atoms with Crippen molar-refractivity contribution in [3.8, 4) is 11.5 Å². The number of primary sulfonamides is 1. The van der Waals surface area contributed by atoms with Crippen molar-refractivity contribution in [3.05, 3.63) is 52.0 Å². The standard InChI is InChI=1S/C18H23BrN2O4S.ClH/c1-3-25-17-11-14(10-16(19)18(17)24-2)12-21-9-8-13-4-6-15(7-5-13)26(20,22)23;/h4-7,10-11,21H,3,8-9,12H2,1-2H3,(H2,20,22,23);1H. The first-order chi connectivity index (χ1) is 12.3. The molecule has 9 heteroatoms. The second kappa shape index (κ2) is 10.9. The molecular formula is C18H24BrClN2O4S. The summed E-state index contributed by atoms with van der Waals surface area (Å²) in [6.45, 7) is 3.92. The predicted octanol–water partition coefficient (Wildman–Crippen LogP) is 3.26. The molecule has 2 aromatic carbocycles. The van der Waals surface area contributed by atoms with Gasteiger partial charge in [0.15, 0.2) is 11.5 Å². The van der Waals surface area contributed by atoms with Gasteiger partial charge < -0.3 is 14.8 Å². The molecule has 0 amide bonds. The van der Waals surface area contributed by atoms with Gasteiger partial charge in [-0.05, 0) is 71.2 Å². The smallest absolute Gasteiger partial charge is 0.238 e. The Hall–Kier alpha value is -1.32. The lowest BCUT2D eigenvalue weighted by molar-refractivity contribution is 0.309. The average molecular weight is 480 g/mol. The van der Waals surface area contributed by atoms with Crippen LogP contribution < -0.4 is 19.9 Å². The summed E-state index contributed by atoms with van der Waals surface area (Å²) in [4.78, 5) is 0.126. The fourth-order valence-electron chi connectivity index (χ4n) is 2.50. The molecule has 0 atom stereocenters. The molecule has 3 N–H and O–H groups in total. The number of sulfonamides is 1. The van der Waals surface area contributed by atoms with Crippen molar-refractivity contribution in [1.82, 2.24) is 5.32 Å². The predicted molar refractivity (Wildman–Crippen MR) is 112 cm³/mol. The minimum absolute atomic E-state index is 0. The summed E-state index contributed by atoms with van der Waals surface area (Å²) in [7, 11) is -2.03. The molecule has 0 spiro atoms. The van der Waals surface area contributed by atoms with Crippen LogP contribution in [-0.2, 0) is 23.0 Å². The molecule has 0 aliphatic heterocycles. The molecule has 2 rings (SSSR count). The third kappa shape index (κ3) is 6.97. The van der Waals surface area contributed by atoms with Crippen molar-refractivity contribution < 1.29 is 17.9 Å². The van der Waals surface area contributed by atoms with Crippen molar-refractivity contribution >= 4 is 38.4 Å². The topological polar surface area (TPSA) is 90.6 Å². The van der Waals surface area contributed by atoms with Gasteiger partial charge in [-0.15, -0.1) is 12.4 Å². The van der Waals surface area contributed by atoms with Gasteiger partial charge in [-0.3, -0.25) is 0 Å². The highest BCUT2D eigenvalue weighted by Crippen LogP contribution is 2.36. The largest absolute Gasteiger partial charge is 0.492 e. The van der Waals surface area contributed by atoms with Gasteiger partial charge in [-0.1, -0.05) is 12.1 Å². The Labute approximate surface area is 175 Å².